The van der Waals surface area contributed by atoms with E-state index in [2.05, 4.69) is 20.7 Å². The average molecular weight is 268 g/mol. The fourth-order valence-corrected chi connectivity index (χ4v) is 2.76. The minimum Gasteiger partial charge on any atom is -0.297 e. The molecule has 2 heterocycles. The van der Waals surface area contributed by atoms with Crippen LogP contribution in [0.4, 0.5) is 0 Å². The van der Waals surface area contributed by atoms with E-state index in [-0.39, 0.29) is 6.04 Å². The van der Waals surface area contributed by atoms with E-state index in [1.807, 2.05) is 36.0 Å². The molecule has 1 aromatic carbocycles. The van der Waals surface area contributed by atoms with Gasteiger partial charge in [-0.15, -0.1) is 26.8 Å². The van der Waals surface area contributed by atoms with Gasteiger partial charge in [-0.05, 0) is 23.4 Å². The summed E-state index contributed by atoms with van der Waals surface area (Å²) in [5, 5.41) is 16.4. The van der Waals surface area contributed by atoms with Crippen molar-refractivity contribution in [1.29, 1.82) is 0 Å². The largest absolute Gasteiger partial charge is 0.297 e. The summed E-state index contributed by atoms with van der Waals surface area (Å²) in [4.78, 5) is 1.51. The molecule has 2 aromatic rings. The molecule has 1 atom stereocenters. The van der Waals surface area contributed by atoms with Crippen LogP contribution in [-0.4, -0.2) is 31.8 Å². The normalized spacial score (nSPS) is 19.7. The Labute approximate surface area is 108 Å². The number of hydrogen-bond acceptors (Lipinski definition) is 5. The topological polar surface area (TPSA) is 55.6 Å². The van der Waals surface area contributed by atoms with Crippen LogP contribution < -0.4 is 5.32 Å². The summed E-state index contributed by atoms with van der Waals surface area (Å²) < 4.78 is 0. The number of halogens is 1. The van der Waals surface area contributed by atoms with Crippen molar-refractivity contribution in [3.63, 3.8) is 0 Å². The molecule has 7 heteroatoms. The fraction of sp³-hybridized carbons (Fsp3) is 0.300. The van der Waals surface area contributed by atoms with E-state index in [1.165, 1.54) is 4.80 Å². The van der Waals surface area contributed by atoms with Gasteiger partial charge in [0.05, 0.1) is 11.7 Å². The molecule has 0 spiro atoms. The van der Waals surface area contributed by atoms with Crippen LogP contribution in [0.1, 0.15) is 11.9 Å². The molecule has 1 aliphatic rings. The summed E-state index contributed by atoms with van der Waals surface area (Å²) >= 11 is 7.76. The van der Waals surface area contributed by atoms with Crippen LogP contribution >= 0.6 is 23.4 Å². The van der Waals surface area contributed by atoms with Gasteiger partial charge >= 0.3 is 0 Å². The van der Waals surface area contributed by atoms with E-state index >= 15 is 0 Å². The Bertz CT molecular complexity index is 523. The quantitative estimate of drug-likeness (QED) is 0.897. The molecule has 1 fully saturated rings. The first-order valence-corrected chi connectivity index (χ1v) is 6.73. The van der Waals surface area contributed by atoms with E-state index in [1.54, 1.807) is 0 Å². The Balaban J connectivity index is 1.89. The lowest BCUT2D eigenvalue weighted by Gasteiger charge is -2.01. The van der Waals surface area contributed by atoms with Crippen LogP contribution in [0.3, 0.4) is 0 Å². The van der Waals surface area contributed by atoms with Crippen LogP contribution in [0.15, 0.2) is 24.3 Å². The summed E-state index contributed by atoms with van der Waals surface area (Å²) in [6, 6.07) is 7.59. The summed E-state index contributed by atoms with van der Waals surface area (Å²) in [6.07, 6.45) is 0. The smallest absolute Gasteiger partial charge is 0.192 e. The first kappa shape index (κ1) is 11.0. The number of benzene rings is 1. The third-order valence-electron chi connectivity index (χ3n) is 2.50. The lowest BCUT2D eigenvalue weighted by molar-refractivity contribution is 0.628. The molecule has 88 valence electrons. The van der Waals surface area contributed by atoms with E-state index < -0.39 is 0 Å². The fourth-order valence-electron chi connectivity index (χ4n) is 1.64. The molecule has 3 rings (SSSR count). The van der Waals surface area contributed by atoms with Gasteiger partial charge in [0.15, 0.2) is 5.82 Å². The highest BCUT2D eigenvalue weighted by atomic mass is 35.5. The van der Waals surface area contributed by atoms with Crippen molar-refractivity contribution >= 4 is 23.4 Å². The number of tetrazole rings is 1. The number of aromatic nitrogens is 4. The molecule has 1 N–H and O–H groups in total. The van der Waals surface area contributed by atoms with Crippen LogP contribution in [-0.2, 0) is 0 Å². The third-order valence-corrected chi connectivity index (χ3v) is 3.67. The molecule has 1 aromatic heterocycles. The van der Waals surface area contributed by atoms with Crippen LogP contribution in [0.25, 0.3) is 5.69 Å². The zero-order valence-corrected chi connectivity index (χ0v) is 10.4. The van der Waals surface area contributed by atoms with Gasteiger partial charge in [-0.25, -0.2) is 0 Å². The zero-order chi connectivity index (χ0) is 11.7. The van der Waals surface area contributed by atoms with Gasteiger partial charge in [-0.1, -0.05) is 17.7 Å². The summed E-state index contributed by atoms with van der Waals surface area (Å²) in [6.45, 7) is 0. The SMILES string of the molecule is Clc1cccc(-n2nnc(C3CSCN3)n2)c1. The van der Waals surface area contributed by atoms with Crippen molar-refractivity contribution in [2.45, 2.75) is 6.04 Å². The number of rotatable bonds is 2. The molecule has 0 amide bonds. The number of nitrogens with zero attached hydrogens (tertiary/aromatic N) is 4. The Morgan fingerprint density at radius 2 is 2.41 bits per heavy atom. The minimum absolute atomic E-state index is 0.202. The lowest BCUT2D eigenvalue weighted by Crippen LogP contribution is -2.16. The Hall–Kier alpha value is -1.11. The number of nitrogens with one attached hydrogen (secondary N) is 1. The van der Waals surface area contributed by atoms with Crippen molar-refractivity contribution in [2.24, 2.45) is 0 Å². The van der Waals surface area contributed by atoms with Gasteiger partial charge in [0.1, 0.15) is 0 Å². The van der Waals surface area contributed by atoms with Crippen molar-refractivity contribution in [3.8, 4) is 5.69 Å². The zero-order valence-electron chi connectivity index (χ0n) is 8.88. The van der Waals surface area contributed by atoms with E-state index in [4.69, 9.17) is 11.6 Å². The van der Waals surface area contributed by atoms with Crippen molar-refractivity contribution in [2.75, 3.05) is 11.6 Å². The molecule has 0 radical (unpaired) electrons. The molecule has 1 saturated heterocycles. The summed E-state index contributed by atoms with van der Waals surface area (Å²) in [7, 11) is 0. The molecule has 0 saturated carbocycles. The highest BCUT2D eigenvalue weighted by Crippen LogP contribution is 2.21. The van der Waals surface area contributed by atoms with Gasteiger partial charge in [0, 0.05) is 16.7 Å². The highest BCUT2D eigenvalue weighted by molar-refractivity contribution is 7.99. The molecule has 0 bridgehead atoms. The van der Waals surface area contributed by atoms with Gasteiger partial charge < -0.3 is 0 Å². The third kappa shape index (κ3) is 2.29. The van der Waals surface area contributed by atoms with E-state index in [0.29, 0.717) is 5.02 Å². The second-order valence-electron chi connectivity index (χ2n) is 3.69. The Morgan fingerprint density at radius 1 is 1.47 bits per heavy atom. The molecule has 1 aliphatic heterocycles. The maximum Gasteiger partial charge on any atom is 0.192 e. The van der Waals surface area contributed by atoms with Gasteiger partial charge in [-0.2, -0.15) is 0 Å². The summed E-state index contributed by atoms with van der Waals surface area (Å²) in [5.74, 6) is 2.66. The predicted molar refractivity (Wildman–Crippen MR) is 67.4 cm³/mol. The second kappa shape index (κ2) is 4.64. The Kier molecular flexibility index (Phi) is 3.00. The van der Waals surface area contributed by atoms with Crippen molar-refractivity contribution < 1.29 is 0 Å². The first-order chi connectivity index (χ1) is 8.33. The van der Waals surface area contributed by atoms with Gasteiger partial charge in [0.2, 0.25) is 0 Å². The van der Waals surface area contributed by atoms with E-state index in [0.717, 1.165) is 23.1 Å². The number of hydrogen-bond donors (Lipinski definition) is 1. The maximum atomic E-state index is 5.92. The Morgan fingerprint density at radius 3 is 3.18 bits per heavy atom. The number of thioether (sulfide) groups is 1. The lowest BCUT2D eigenvalue weighted by atomic mass is 10.3. The van der Waals surface area contributed by atoms with Crippen LogP contribution in [0.2, 0.25) is 5.02 Å². The van der Waals surface area contributed by atoms with Crippen LogP contribution in [0.5, 0.6) is 0 Å². The van der Waals surface area contributed by atoms with Crippen LogP contribution in [0, 0.1) is 0 Å². The molecule has 1 unspecified atom stereocenters. The minimum atomic E-state index is 0.202. The molecular weight excluding hydrogens is 258 g/mol. The maximum absolute atomic E-state index is 5.92. The molecule has 0 aliphatic carbocycles. The van der Waals surface area contributed by atoms with Crippen molar-refractivity contribution in [3.05, 3.63) is 35.1 Å². The molecule has 5 nitrogen and oxygen atoms in total. The predicted octanol–water partition coefficient (Wildman–Crippen LogP) is 1.65. The molecular formula is C10H10ClN5S. The molecule has 17 heavy (non-hydrogen) atoms. The summed E-state index contributed by atoms with van der Waals surface area (Å²) in [5.41, 5.74) is 0.821. The monoisotopic (exact) mass is 267 g/mol. The highest BCUT2D eigenvalue weighted by Gasteiger charge is 2.21. The van der Waals surface area contributed by atoms with Gasteiger partial charge in [-0.3, -0.25) is 5.32 Å². The standard InChI is InChI=1S/C10H10ClN5S/c11-7-2-1-3-8(4-7)16-14-10(13-15-16)9-5-17-6-12-9/h1-4,9,12H,5-6H2. The van der Waals surface area contributed by atoms with Crippen molar-refractivity contribution in [1.82, 2.24) is 25.5 Å². The first-order valence-electron chi connectivity index (χ1n) is 5.20. The average Bonchev–Trinajstić information content (AvgIpc) is 3.00. The second-order valence-corrected chi connectivity index (χ2v) is 5.16. The van der Waals surface area contributed by atoms with Gasteiger partial charge in [0.25, 0.3) is 0 Å². The van der Waals surface area contributed by atoms with E-state index in [9.17, 15) is 0 Å².